The van der Waals surface area contributed by atoms with E-state index in [2.05, 4.69) is 4.98 Å². The summed E-state index contributed by atoms with van der Waals surface area (Å²) in [5.41, 5.74) is 0. The van der Waals surface area contributed by atoms with Crippen molar-refractivity contribution in [2.24, 2.45) is 0 Å². The third kappa shape index (κ3) is 1.95. The van der Waals surface area contributed by atoms with E-state index in [0.29, 0.717) is 19.6 Å². The number of nitrogens with zero attached hydrogens (tertiary/aromatic N) is 1. The van der Waals surface area contributed by atoms with Crippen LogP contribution in [-0.4, -0.2) is 23.3 Å². The normalized spacial score (nSPS) is 20.1. The summed E-state index contributed by atoms with van der Waals surface area (Å²) in [6, 6.07) is 0. The van der Waals surface area contributed by atoms with Gasteiger partial charge in [-0.15, -0.1) is 11.3 Å². The minimum absolute atomic E-state index is 0.321. The molecule has 14 heavy (non-hydrogen) atoms. The van der Waals surface area contributed by atoms with Crippen molar-refractivity contribution in [1.82, 2.24) is 4.98 Å². The number of ether oxygens (including phenoxy) is 2. The summed E-state index contributed by atoms with van der Waals surface area (Å²) >= 11 is 1.45. The predicted molar refractivity (Wildman–Crippen MR) is 52.0 cm³/mol. The Labute approximate surface area is 86.5 Å². The first-order valence-corrected chi connectivity index (χ1v) is 5.49. The fraction of sp³-hybridized carbons (Fsp3) is 0.667. The van der Waals surface area contributed by atoms with E-state index >= 15 is 0 Å². The fourth-order valence-corrected chi connectivity index (χ4v) is 2.25. The summed E-state index contributed by atoms with van der Waals surface area (Å²) in [6.45, 7) is 3.18. The van der Waals surface area contributed by atoms with Crippen LogP contribution in [0.15, 0.2) is 6.20 Å². The lowest BCUT2D eigenvalue weighted by Crippen LogP contribution is -1.95. The van der Waals surface area contributed by atoms with Crippen LogP contribution < -0.4 is 0 Å². The molecule has 0 amide bonds. The van der Waals surface area contributed by atoms with Crippen molar-refractivity contribution in [2.45, 2.75) is 25.7 Å². The second kappa shape index (κ2) is 4.35. The molecule has 1 atom stereocenters. The average molecular weight is 215 g/mol. The minimum Gasteiger partial charge on any atom is -0.388 e. The van der Waals surface area contributed by atoms with Gasteiger partial charge in [-0.25, -0.2) is 4.98 Å². The summed E-state index contributed by atoms with van der Waals surface area (Å²) in [7, 11) is 0. The maximum absolute atomic E-state index is 9.57. The maximum Gasteiger partial charge on any atom is 0.211 e. The van der Waals surface area contributed by atoms with Crippen molar-refractivity contribution in [1.29, 1.82) is 0 Å². The topological polar surface area (TPSA) is 51.6 Å². The van der Waals surface area contributed by atoms with Crippen LogP contribution >= 0.6 is 11.3 Å². The zero-order valence-corrected chi connectivity index (χ0v) is 8.79. The van der Waals surface area contributed by atoms with E-state index in [9.17, 15) is 5.11 Å². The van der Waals surface area contributed by atoms with Crippen molar-refractivity contribution in [3.63, 3.8) is 0 Å². The van der Waals surface area contributed by atoms with Gasteiger partial charge < -0.3 is 14.6 Å². The molecule has 78 valence electrons. The van der Waals surface area contributed by atoms with Gasteiger partial charge in [-0.05, 0) is 6.42 Å². The highest BCUT2D eigenvalue weighted by molar-refractivity contribution is 7.11. The molecule has 1 aliphatic rings. The Morgan fingerprint density at radius 3 is 3.00 bits per heavy atom. The summed E-state index contributed by atoms with van der Waals surface area (Å²) < 4.78 is 10.6. The first kappa shape index (κ1) is 10.0. The van der Waals surface area contributed by atoms with Crippen LogP contribution in [0, 0.1) is 0 Å². The Bertz CT molecular complexity index is 296. The Hall–Kier alpha value is -0.490. The molecule has 0 aliphatic carbocycles. The van der Waals surface area contributed by atoms with E-state index in [1.165, 1.54) is 11.3 Å². The third-order valence-corrected chi connectivity index (χ3v) is 3.20. The van der Waals surface area contributed by atoms with Crippen molar-refractivity contribution >= 4 is 11.3 Å². The fourth-order valence-electron chi connectivity index (χ4n) is 1.27. The van der Waals surface area contributed by atoms with E-state index in [0.717, 1.165) is 9.88 Å². The van der Waals surface area contributed by atoms with Crippen molar-refractivity contribution < 1.29 is 14.6 Å². The number of hydrogen-bond donors (Lipinski definition) is 1. The van der Waals surface area contributed by atoms with Gasteiger partial charge in [-0.1, -0.05) is 6.92 Å². The zero-order valence-electron chi connectivity index (χ0n) is 7.97. The van der Waals surface area contributed by atoms with E-state index in [-0.39, 0.29) is 6.29 Å². The number of thiazole rings is 1. The highest BCUT2D eigenvalue weighted by Gasteiger charge is 2.22. The van der Waals surface area contributed by atoms with Gasteiger partial charge in [-0.2, -0.15) is 0 Å². The number of aliphatic hydroxyl groups excluding tert-OH is 1. The SMILES string of the molecule is CCC(O)c1cnc(C2OCCO2)s1. The first-order chi connectivity index (χ1) is 6.81. The summed E-state index contributed by atoms with van der Waals surface area (Å²) in [6.07, 6.45) is 1.66. The molecule has 1 aliphatic heterocycles. The van der Waals surface area contributed by atoms with Gasteiger partial charge in [0.25, 0.3) is 0 Å². The van der Waals surface area contributed by atoms with Crippen LogP contribution in [0.4, 0.5) is 0 Å². The minimum atomic E-state index is -0.414. The number of hydrogen-bond acceptors (Lipinski definition) is 5. The maximum atomic E-state index is 9.57. The smallest absolute Gasteiger partial charge is 0.211 e. The molecule has 5 heteroatoms. The van der Waals surface area contributed by atoms with Gasteiger partial charge in [0.15, 0.2) is 0 Å². The van der Waals surface area contributed by atoms with Gasteiger partial charge in [0.1, 0.15) is 5.01 Å². The molecule has 1 unspecified atom stereocenters. The molecule has 4 nitrogen and oxygen atoms in total. The Balaban J connectivity index is 2.08. The molecule has 0 bridgehead atoms. The highest BCUT2D eigenvalue weighted by Crippen LogP contribution is 2.30. The molecule has 1 aromatic rings. The largest absolute Gasteiger partial charge is 0.388 e. The van der Waals surface area contributed by atoms with Crippen LogP contribution in [0.2, 0.25) is 0 Å². The Morgan fingerprint density at radius 1 is 1.64 bits per heavy atom. The number of aliphatic hydroxyl groups is 1. The van der Waals surface area contributed by atoms with Gasteiger partial charge in [0.2, 0.25) is 6.29 Å². The molecule has 0 aromatic carbocycles. The van der Waals surface area contributed by atoms with Crippen molar-refractivity contribution in [3.8, 4) is 0 Å². The summed E-state index contributed by atoms with van der Waals surface area (Å²) in [5.74, 6) is 0. The molecule has 1 N–H and O–H groups in total. The lowest BCUT2D eigenvalue weighted by molar-refractivity contribution is -0.0442. The second-order valence-corrected chi connectivity index (χ2v) is 4.19. The van der Waals surface area contributed by atoms with Crippen LogP contribution in [0.3, 0.4) is 0 Å². The van der Waals surface area contributed by atoms with Gasteiger partial charge in [-0.3, -0.25) is 0 Å². The molecule has 1 fully saturated rings. The predicted octanol–water partition coefficient (Wildman–Crippen LogP) is 1.63. The molecule has 2 heterocycles. The van der Waals surface area contributed by atoms with Gasteiger partial charge >= 0.3 is 0 Å². The van der Waals surface area contributed by atoms with E-state index in [1.54, 1.807) is 6.20 Å². The second-order valence-electron chi connectivity index (χ2n) is 3.10. The molecule has 1 aromatic heterocycles. The summed E-state index contributed by atoms with van der Waals surface area (Å²) in [5, 5.41) is 10.4. The molecule has 0 spiro atoms. The van der Waals surface area contributed by atoms with E-state index in [4.69, 9.17) is 9.47 Å². The quantitative estimate of drug-likeness (QED) is 0.832. The molecule has 1 saturated heterocycles. The van der Waals surface area contributed by atoms with Crippen molar-refractivity contribution in [2.75, 3.05) is 13.2 Å². The standard InChI is InChI=1S/C9H13NO3S/c1-2-6(11)7-5-10-8(14-7)9-12-3-4-13-9/h5-6,9,11H,2-4H2,1H3. The number of aromatic nitrogens is 1. The van der Waals surface area contributed by atoms with Gasteiger partial charge in [0, 0.05) is 6.20 Å². The van der Waals surface area contributed by atoms with Crippen LogP contribution in [0.5, 0.6) is 0 Å². The lowest BCUT2D eigenvalue weighted by Gasteiger charge is -2.04. The van der Waals surface area contributed by atoms with Crippen molar-refractivity contribution in [3.05, 3.63) is 16.1 Å². The number of rotatable bonds is 3. The van der Waals surface area contributed by atoms with Gasteiger partial charge in [0.05, 0.1) is 24.2 Å². The Kier molecular flexibility index (Phi) is 3.12. The molecule has 0 radical (unpaired) electrons. The highest BCUT2D eigenvalue weighted by atomic mass is 32.1. The van der Waals surface area contributed by atoms with Crippen LogP contribution in [0.25, 0.3) is 0 Å². The molecule has 0 saturated carbocycles. The Morgan fingerprint density at radius 2 is 2.36 bits per heavy atom. The monoisotopic (exact) mass is 215 g/mol. The van der Waals surface area contributed by atoms with E-state index in [1.807, 2.05) is 6.92 Å². The van der Waals surface area contributed by atoms with E-state index < -0.39 is 6.10 Å². The molecular weight excluding hydrogens is 202 g/mol. The summed E-state index contributed by atoms with van der Waals surface area (Å²) in [4.78, 5) is 5.05. The van der Waals surface area contributed by atoms with Crippen LogP contribution in [-0.2, 0) is 9.47 Å². The molecule has 2 rings (SSSR count). The lowest BCUT2D eigenvalue weighted by atomic mass is 10.2. The molecular formula is C9H13NO3S. The first-order valence-electron chi connectivity index (χ1n) is 4.68. The zero-order chi connectivity index (χ0) is 9.97. The average Bonchev–Trinajstić information content (AvgIpc) is 2.86. The van der Waals surface area contributed by atoms with Crippen LogP contribution in [0.1, 0.15) is 35.6 Å². The third-order valence-electron chi connectivity index (χ3n) is 2.08.